The minimum atomic E-state index is -4.41. The van der Waals surface area contributed by atoms with Crippen LogP contribution in [0.25, 0.3) is 11.0 Å². The Kier molecular flexibility index (Phi) is 4.94. The van der Waals surface area contributed by atoms with E-state index in [1.54, 1.807) is 12.1 Å². The topological polar surface area (TPSA) is 55.1 Å². The molecule has 2 aromatic carbocycles. The van der Waals surface area contributed by atoms with Gasteiger partial charge in [-0.25, -0.2) is 0 Å². The highest BCUT2D eigenvalue weighted by Crippen LogP contribution is 2.29. The van der Waals surface area contributed by atoms with Crippen molar-refractivity contribution in [2.24, 2.45) is 0 Å². The number of hydrogen-bond acceptors (Lipinski definition) is 3. The number of para-hydroxylation sites is 1. The van der Waals surface area contributed by atoms with Gasteiger partial charge in [0.15, 0.2) is 5.58 Å². The Hall–Kier alpha value is -3.27. The van der Waals surface area contributed by atoms with E-state index >= 15 is 0 Å². The number of carbonyl (C=O) groups is 1. The van der Waals surface area contributed by atoms with Gasteiger partial charge in [-0.2, -0.15) is 13.2 Å². The van der Waals surface area contributed by atoms with Gasteiger partial charge in [0.1, 0.15) is 5.69 Å². The first-order valence-corrected chi connectivity index (χ1v) is 7.69. The number of rotatable bonds is 3. The first-order chi connectivity index (χ1) is 12.4. The van der Waals surface area contributed by atoms with Gasteiger partial charge in [0, 0.05) is 10.9 Å². The van der Waals surface area contributed by atoms with Gasteiger partial charge in [-0.15, -0.1) is 0 Å². The fourth-order valence-corrected chi connectivity index (χ4v) is 2.34. The fraction of sp³-hybridized carbons (Fsp3) is 0.158. The molecule has 132 valence electrons. The Morgan fingerprint density at radius 3 is 2.77 bits per heavy atom. The molecular formula is C19H13F3N2O2. The second kappa shape index (κ2) is 7.31. The molecule has 0 aliphatic heterocycles. The molecule has 1 amide bonds. The number of nitrogens with one attached hydrogen (secondary N) is 1. The molecule has 0 spiro atoms. The zero-order chi connectivity index (χ0) is 18.6. The molecule has 0 bridgehead atoms. The molecule has 0 aliphatic carbocycles. The summed E-state index contributed by atoms with van der Waals surface area (Å²) in [6.45, 7) is 0.0187. The van der Waals surface area contributed by atoms with Crippen LogP contribution in [0.4, 0.5) is 13.2 Å². The van der Waals surface area contributed by atoms with Crippen LogP contribution in [-0.2, 0) is 17.4 Å². The summed E-state index contributed by atoms with van der Waals surface area (Å²) in [6.07, 6.45) is -4.38. The Labute approximate surface area is 147 Å². The van der Waals surface area contributed by atoms with Crippen molar-refractivity contribution in [1.82, 2.24) is 10.5 Å². The lowest BCUT2D eigenvalue weighted by atomic mass is 10.1. The molecule has 0 fully saturated rings. The highest BCUT2D eigenvalue weighted by Gasteiger charge is 2.30. The number of aromatic nitrogens is 1. The normalized spacial score (nSPS) is 11.0. The van der Waals surface area contributed by atoms with Crippen molar-refractivity contribution in [1.29, 1.82) is 0 Å². The van der Waals surface area contributed by atoms with Crippen molar-refractivity contribution in [3.05, 3.63) is 65.4 Å². The van der Waals surface area contributed by atoms with E-state index in [0.717, 1.165) is 17.5 Å². The molecule has 3 aromatic rings. The number of hydrogen-bond donors (Lipinski definition) is 1. The van der Waals surface area contributed by atoms with Gasteiger partial charge >= 0.3 is 6.18 Å². The molecule has 1 heterocycles. The maximum absolute atomic E-state index is 12.6. The summed E-state index contributed by atoms with van der Waals surface area (Å²) in [7, 11) is 0. The summed E-state index contributed by atoms with van der Waals surface area (Å²) in [5.74, 6) is 4.93. The predicted molar refractivity (Wildman–Crippen MR) is 89.0 cm³/mol. The first kappa shape index (κ1) is 17.5. The number of carbonyl (C=O) groups excluding carboxylic acids is 1. The maximum Gasteiger partial charge on any atom is 0.416 e. The van der Waals surface area contributed by atoms with Gasteiger partial charge in [0.25, 0.3) is 0 Å². The molecule has 0 aliphatic rings. The highest BCUT2D eigenvalue weighted by atomic mass is 19.4. The van der Waals surface area contributed by atoms with Gasteiger partial charge in [-0.1, -0.05) is 35.2 Å². The lowest BCUT2D eigenvalue weighted by Crippen LogP contribution is -2.25. The van der Waals surface area contributed by atoms with Crippen molar-refractivity contribution < 1.29 is 22.5 Å². The molecule has 4 nitrogen and oxygen atoms in total. The molecule has 0 atom stereocenters. The van der Waals surface area contributed by atoms with Crippen molar-refractivity contribution >= 4 is 16.9 Å². The summed E-state index contributed by atoms with van der Waals surface area (Å²) in [6, 6.07) is 11.9. The lowest BCUT2D eigenvalue weighted by molar-refractivity contribution is -0.137. The van der Waals surface area contributed by atoms with E-state index in [1.165, 1.54) is 12.1 Å². The second-order valence-electron chi connectivity index (χ2n) is 5.46. The minimum absolute atomic E-state index is 0.0187. The third-order valence-corrected chi connectivity index (χ3v) is 3.58. The Morgan fingerprint density at radius 1 is 1.15 bits per heavy atom. The van der Waals surface area contributed by atoms with E-state index in [9.17, 15) is 18.0 Å². The van der Waals surface area contributed by atoms with Crippen molar-refractivity contribution in [3.63, 3.8) is 0 Å². The minimum Gasteiger partial charge on any atom is -0.356 e. The Balaban J connectivity index is 1.57. The zero-order valence-electron chi connectivity index (χ0n) is 13.4. The summed E-state index contributed by atoms with van der Waals surface area (Å²) < 4.78 is 43.0. The highest BCUT2D eigenvalue weighted by molar-refractivity contribution is 5.86. The molecule has 0 unspecified atom stereocenters. The summed E-state index contributed by atoms with van der Waals surface area (Å²) in [5.41, 5.74) is 0.589. The predicted octanol–water partition coefficient (Wildman–Crippen LogP) is 3.56. The molecule has 0 saturated carbocycles. The average Bonchev–Trinajstić information content (AvgIpc) is 3.01. The Bertz CT molecular complexity index is 997. The van der Waals surface area contributed by atoms with Crippen LogP contribution in [0.1, 0.15) is 16.8 Å². The summed E-state index contributed by atoms with van der Waals surface area (Å²) in [4.78, 5) is 11.9. The number of benzene rings is 2. The van der Waals surface area contributed by atoms with Gasteiger partial charge in [0.05, 0.1) is 18.5 Å². The van der Waals surface area contributed by atoms with Crippen LogP contribution in [0.5, 0.6) is 0 Å². The molecule has 1 aromatic heterocycles. The number of fused-ring (bicyclic) bond motifs is 1. The third kappa shape index (κ3) is 4.22. The van der Waals surface area contributed by atoms with E-state index in [4.69, 9.17) is 4.52 Å². The standard InChI is InChI=1S/C19H13F3N2O2/c20-19(21,22)14-7-3-5-13(11-14)6-4-10-23-18(25)12-16-15-8-1-2-9-17(15)26-24-16/h1-3,5,7-9,11H,10,12H2,(H,23,25). The van der Waals surface area contributed by atoms with Gasteiger partial charge in [-0.05, 0) is 30.3 Å². The molecule has 3 rings (SSSR count). The number of alkyl halides is 3. The number of halogens is 3. The largest absolute Gasteiger partial charge is 0.416 e. The van der Waals surface area contributed by atoms with Crippen LogP contribution in [-0.4, -0.2) is 17.6 Å². The lowest BCUT2D eigenvalue weighted by Gasteiger charge is -2.05. The second-order valence-corrected chi connectivity index (χ2v) is 5.46. The smallest absolute Gasteiger partial charge is 0.356 e. The van der Waals surface area contributed by atoms with E-state index in [-0.39, 0.29) is 24.4 Å². The third-order valence-electron chi connectivity index (χ3n) is 3.58. The van der Waals surface area contributed by atoms with E-state index in [1.807, 2.05) is 12.1 Å². The van der Waals surface area contributed by atoms with Crippen LogP contribution in [0, 0.1) is 11.8 Å². The number of nitrogens with zero attached hydrogens (tertiary/aromatic N) is 1. The van der Waals surface area contributed by atoms with E-state index in [0.29, 0.717) is 11.3 Å². The molecule has 0 saturated heterocycles. The van der Waals surface area contributed by atoms with Crippen molar-refractivity contribution in [2.75, 3.05) is 6.54 Å². The zero-order valence-corrected chi connectivity index (χ0v) is 13.4. The maximum atomic E-state index is 12.6. The van der Waals surface area contributed by atoms with Crippen LogP contribution in [0.3, 0.4) is 0 Å². The molecule has 0 radical (unpaired) electrons. The summed E-state index contributed by atoms with van der Waals surface area (Å²) >= 11 is 0. The van der Waals surface area contributed by atoms with Crippen LogP contribution >= 0.6 is 0 Å². The van der Waals surface area contributed by atoms with Crippen molar-refractivity contribution in [3.8, 4) is 11.8 Å². The van der Waals surface area contributed by atoms with Crippen LogP contribution < -0.4 is 5.32 Å². The Morgan fingerprint density at radius 2 is 1.96 bits per heavy atom. The summed E-state index contributed by atoms with van der Waals surface area (Å²) in [5, 5.41) is 7.21. The monoisotopic (exact) mass is 358 g/mol. The number of amides is 1. The SMILES string of the molecule is O=C(Cc1noc2ccccc12)NCC#Cc1cccc(C(F)(F)F)c1. The first-order valence-electron chi connectivity index (χ1n) is 7.69. The fourth-order valence-electron chi connectivity index (χ4n) is 2.34. The molecule has 7 heteroatoms. The molecule has 26 heavy (non-hydrogen) atoms. The van der Waals surface area contributed by atoms with E-state index in [2.05, 4.69) is 22.3 Å². The van der Waals surface area contributed by atoms with Crippen LogP contribution in [0.15, 0.2) is 53.1 Å². The molecular weight excluding hydrogens is 345 g/mol. The average molecular weight is 358 g/mol. The van der Waals surface area contributed by atoms with Gasteiger partial charge < -0.3 is 9.84 Å². The molecule has 1 N–H and O–H groups in total. The van der Waals surface area contributed by atoms with Gasteiger partial charge in [-0.3, -0.25) is 4.79 Å². The van der Waals surface area contributed by atoms with E-state index < -0.39 is 11.7 Å². The van der Waals surface area contributed by atoms with Gasteiger partial charge in [0.2, 0.25) is 5.91 Å². The van der Waals surface area contributed by atoms with Crippen LogP contribution in [0.2, 0.25) is 0 Å². The quantitative estimate of drug-likeness (QED) is 0.729. The van der Waals surface area contributed by atoms with Crippen molar-refractivity contribution in [2.45, 2.75) is 12.6 Å².